The van der Waals surface area contributed by atoms with Crippen LogP contribution < -0.4 is 4.74 Å². The minimum absolute atomic E-state index is 0.333. The minimum atomic E-state index is 0.333. The van der Waals surface area contributed by atoms with Crippen molar-refractivity contribution in [3.8, 4) is 5.75 Å². The fraction of sp³-hybridized carbons (Fsp3) is 0.400. The normalized spacial score (nSPS) is 20.3. The first-order valence-electron chi connectivity index (χ1n) is 4.25. The summed E-state index contributed by atoms with van der Waals surface area (Å²) in [6.45, 7) is 2.13. The van der Waals surface area contributed by atoms with Crippen molar-refractivity contribution in [2.45, 2.75) is 25.9 Å². The molecular weight excluding hydrogens is 172 g/mol. The molecule has 1 aromatic rings. The lowest BCUT2D eigenvalue weighted by Crippen LogP contribution is -2.10. The highest BCUT2D eigenvalue weighted by Crippen LogP contribution is 2.36. The van der Waals surface area contributed by atoms with Crippen molar-refractivity contribution in [2.24, 2.45) is 0 Å². The van der Waals surface area contributed by atoms with Crippen molar-refractivity contribution >= 4 is 11.6 Å². The molecule has 1 aliphatic rings. The molecule has 0 spiro atoms. The predicted octanol–water partition coefficient (Wildman–Crippen LogP) is 3.05. The Morgan fingerprint density at radius 3 is 3.08 bits per heavy atom. The highest BCUT2D eigenvalue weighted by molar-refractivity contribution is 6.32. The maximum atomic E-state index is 5.97. The van der Waals surface area contributed by atoms with Crippen molar-refractivity contribution in [3.05, 3.63) is 28.8 Å². The Morgan fingerprint density at radius 1 is 1.58 bits per heavy atom. The van der Waals surface area contributed by atoms with Gasteiger partial charge in [-0.05, 0) is 18.1 Å². The van der Waals surface area contributed by atoms with Gasteiger partial charge < -0.3 is 4.74 Å². The molecule has 0 N–H and O–H groups in total. The van der Waals surface area contributed by atoms with Crippen molar-refractivity contribution < 1.29 is 4.74 Å². The van der Waals surface area contributed by atoms with Gasteiger partial charge in [-0.2, -0.15) is 0 Å². The van der Waals surface area contributed by atoms with Crippen molar-refractivity contribution in [1.82, 2.24) is 0 Å². The van der Waals surface area contributed by atoms with E-state index in [1.807, 2.05) is 12.1 Å². The van der Waals surface area contributed by atoms with Gasteiger partial charge in [0.25, 0.3) is 0 Å². The Labute approximate surface area is 77.3 Å². The average Bonchev–Trinajstić information content (AvgIpc) is 2.49. The van der Waals surface area contributed by atoms with Gasteiger partial charge >= 0.3 is 0 Å². The Morgan fingerprint density at radius 2 is 2.42 bits per heavy atom. The van der Waals surface area contributed by atoms with Gasteiger partial charge in [0, 0.05) is 6.42 Å². The maximum absolute atomic E-state index is 5.97. The van der Waals surface area contributed by atoms with E-state index >= 15 is 0 Å². The zero-order valence-corrected chi connectivity index (χ0v) is 7.77. The standard InChI is InChI=1S/C10H11ClO/c1-2-8-6-7-4-3-5-9(11)10(7)12-8/h3-5,8H,2,6H2,1H3. The van der Waals surface area contributed by atoms with Crippen LogP contribution in [0, 0.1) is 0 Å². The number of benzene rings is 1. The topological polar surface area (TPSA) is 9.23 Å². The molecule has 1 aromatic carbocycles. The molecule has 0 saturated carbocycles. The molecule has 0 aliphatic carbocycles. The third kappa shape index (κ3) is 1.18. The number of hydrogen-bond donors (Lipinski definition) is 0. The Balaban J connectivity index is 2.35. The number of hydrogen-bond acceptors (Lipinski definition) is 1. The van der Waals surface area contributed by atoms with Gasteiger partial charge in [0.2, 0.25) is 0 Å². The third-order valence-electron chi connectivity index (χ3n) is 2.24. The van der Waals surface area contributed by atoms with E-state index in [0.717, 1.165) is 23.6 Å². The van der Waals surface area contributed by atoms with Crippen LogP contribution in [0.1, 0.15) is 18.9 Å². The fourth-order valence-electron chi connectivity index (χ4n) is 1.53. The van der Waals surface area contributed by atoms with Crippen LogP contribution in [0.15, 0.2) is 18.2 Å². The molecular formula is C10H11ClO. The summed E-state index contributed by atoms with van der Waals surface area (Å²) in [6, 6.07) is 5.93. The summed E-state index contributed by atoms with van der Waals surface area (Å²) in [5, 5.41) is 0.739. The molecule has 0 bridgehead atoms. The van der Waals surface area contributed by atoms with E-state index in [0.29, 0.717) is 6.10 Å². The molecule has 0 saturated heterocycles. The second kappa shape index (κ2) is 2.98. The van der Waals surface area contributed by atoms with E-state index in [4.69, 9.17) is 16.3 Å². The summed E-state index contributed by atoms with van der Waals surface area (Å²) in [5.74, 6) is 0.894. The van der Waals surface area contributed by atoms with Gasteiger partial charge in [-0.1, -0.05) is 30.7 Å². The summed E-state index contributed by atoms with van der Waals surface area (Å²) in [6.07, 6.45) is 2.39. The molecule has 1 heterocycles. The molecule has 1 atom stereocenters. The van der Waals surface area contributed by atoms with Gasteiger partial charge in [0.15, 0.2) is 0 Å². The van der Waals surface area contributed by atoms with E-state index in [9.17, 15) is 0 Å². The molecule has 0 amide bonds. The van der Waals surface area contributed by atoms with Crippen LogP contribution in [0.25, 0.3) is 0 Å². The summed E-state index contributed by atoms with van der Waals surface area (Å²) < 4.78 is 5.65. The third-order valence-corrected chi connectivity index (χ3v) is 2.53. The molecule has 0 aromatic heterocycles. The first-order valence-corrected chi connectivity index (χ1v) is 4.63. The summed E-state index contributed by atoms with van der Waals surface area (Å²) in [7, 11) is 0. The molecule has 1 nitrogen and oxygen atoms in total. The van der Waals surface area contributed by atoms with E-state index in [1.54, 1.807) is 0 Å². The van der Waals surface area contributed by atoms with Crippen LogP contribution >= 0.6 is 11.6 Å². The van der Waals surface area contributed by atoms with Gasteiger partial charge in [-0.3, -0.25) is 0 Å². The first-order chi connectivity index (χ1) is 5.81. The van der Waals surface area contributed by atoms with E-state index < -0.39 is 0 Å². The van der Waals surface area contributed by atoms with Gasteiger partial charge in [0.1, 0.15) is 11.9 Å². The first kappa shape index (κ1) is 7.93. The number of halogens is 1. The maximum Gasteiger partial charge on any atom is 0.141 e. The van der Waals surface area contributed by atoms with E-state index in [2.05, 4.69) is 13.0 Å². The second-order valence-corrected chi connectivity index (χ2v) is 3.49. The molecule has 1 aliphatic heterocycles. The van der Waals surface area contributed by atoms with Crippen LogP contribution in [-0.4, -0.2) is 6.10 Å². The van der Waals surface area contributed by atoms with E-state index in [-0.39, 0.29) is 0 Å². The fourth-order valence-corrected chi connectivity index (χ4v) is 1.77. The van der Waals surface area contributed by atoms with Gasteiger partial charge in [-0.25, -0.2) is 0 Å². The minimum Gasteiger partial charge on any atom is -0.488 e. The van der Waals surface area contributed by atoms with Crippen molar-refractivity contribution in [3.63, 3.8) is 0 Å². The number of rotatable bonds is 1. The lowest BCUT2D eigenvalue weighted by molar-refractivity contribution is 0.228. The quantitative estimate of drug-likeness (QED) is 0.649. The molecule has 0 radical (unpaired) electrons. The number of ether oxygens (including phenoxy) is 1. The molecule has 1 unspecified atom stereocenters. The second-order valence-electron chi connectivity index (χ2n) is 3.08. The van der Waals surface area contributed by atoms with Crippen molar-refractivity contribution in [1.29, 1.82) is 0 Å². The number of fused-ring (bicyclic) bond motifs is 1. The zero-order valence-electron chi connectivity index (χ0n) is 7.01. The Kier molecular flexibility index (Phi) is 1.97. The highest BCUT2D eigenvalue weighted by Gasteiger charge is 2.22. The SMILES string of the molecule is CCC1Cc2cccc(Cl)c2O1. The monoisotopic (exact) mass is 182 g/mol. The van der Waals surface area contributed by atoms with Crippen LogP contribution in [0.2, 0.25) is 5.02 Å². The summed E-state index contributed by atoms with van der Waals surface area (Å²) in [4.78, 5) is 0. The molecule has 2 heteroatoms. The summed E-state index contributed by atoms with van der Waals surface area (Å²) >= 11 is 5.97. The predicted molar refractivity (Wildman–Crippen MR) is 49.9 cm³/mol. The zero-order chi connectivity index (χ0) is 8.55. The average molecular weight is 183 g/mol. The lowest BCUT2D eigenvalue weighted by Gasteiger charge is -2.06. The molecule has 2 rings (SSSR count). The van der Waals surface area contributed by atoms with Crippen LogP contribution in [-0.2, 0) is 6.42 Å². The van der Waals surface area contributed by atoms with Crippen LogP contribution in [0.4, 0.5) is 0 Å². The van der Waals surface area contributed by atoms with Crippen molar-refractivity contribution in [2.75, 3.05) is 0 Å². The van der Waals surface area contributed by atoms with Crippen LogP contribution in [0.3, 0.4) is 0 Å². The number of para-hydroxylation sites is 1. The summed E-state index contributed by atoms with van der Waals surface area (Å²) in [5.41, 5.74) is 1.24. The lowest BCUT2D eigenvalue weighted by atomic mass is 10.1. The van der Waals surface area contributed by atoms with Gasteiger partial charge in [0.05, 0.1) is 5.02 Å². The molecule has 12 heavy (non-hydrogen) atoms. The van der Waals surface area contributed by atoms with Crippen LogP contribution in [0.5, 0.6) is 5.75 Å². The largest absolute Gasteiger partial charge is 0.488 e. The molecule has 64 valence electrons. The Bertz CT molecular complexity index is 296. The smallest absolute Gasteiger partial charge is 0.141 e. The highest BCUT2D eigenvalue weighted by atomic mass is 35.5. The molecule has 0 fully saturated rings. The van der Waals surface area contributed by atoms with Gasteiger partial charge in [-0.15, -0.1) is 0 Å². The Hall–Kier alpha value is -0.690. The van der Waals surface area contributed by atoms with E-state index in [1.165, 1.54) is 5.56 Å².